The zero-order valence-electron chi connectivity index (χ0n) is 13.6. The molecule has 0 radical (unpaired) electrons. The molecule has 2 rings (SSSR count). The predicted octanol–water partition coefficient (Wildman–Crippen LogP) is 4.30. The fourth-order valence-corrected chi connectivity index (χ4v) is 1.72. The van der Waals surface area contributed by atoms with Crippen molar-refractivity contribution < 1.29 is 14.3 Å². The SMILES string of the molecule is C=CCc1ccc(OC)cc1.COC(=O)/C=C/c1ccccc1. The standard InChI is InChI=1S/C10H10O2.C10H12O/c1-12-10(11)8-7-9-5-3-2-4-6-9;1-3-4-9-5-7-10(11-2)8-6-9/h2-8H,1H3;3,5-8H,1,4H2,2H3/b8-7+;. The van der Waals surface area contributed by atoms with Gasteiger partial charge in [-0.1, -0.05) is 48.5 Å². The van der Waals surface area contributed by atoms with E-state index in [0.717, 1.165) is 17.7 Å². The van der Waals surface area contributed by atoms with Gasteiger partial charge < -0.3 is 9.47 Å². The van der Waals surface area contributed by atoms with E-state index in [2.05, 4.69) is 11.3 Å². The van der Waals surface area contributed by atoms with Gasteiger partial charge in [-0.3, -0.25) is 0 Å². The van der Waals surface area contributed by atoms with E-state index in [9.17, 15) is 4.79 Å². The number of hydrogen-bond donors (Lipinski definition) is 0. The zero-order valence-corrected chi connectivity index (χ0v) is 13.6. The molecule has 3 heteroatoms. The summed E-state index contributed by atoms with van der Waals surface area (Å²) >= 11 is 0. The van der Waals surface area contributed by atoms with E-state index in [1.807, 2.05) is 60.7 Å². The number of carbonyl (C=O) groups is 1. The third kappa shape index (κ3) is 7.67. The van der Waals surface area contributed by atoms with Crippen LogP contribution in [0.4, 0.5) is 0 Å². The number of carbonyl (C=O) groups excluding carboxylic acids is 1. The lowest BCUT2D eigenvalue weighted by atomic mass is 10.1. The summed E-state index contributed by atoms with van der Waals surface area (Å²) in [6.45, 7) is 3.67. The first-order chi connectivity index (χ1) is 11.2. The number of esters is 1. The van der Waals surface area contributed by atoms with E-state index in [-0.39, 0.29) is 5.97 Å². The Kier molecular flexibility index (Phi) is 8.61. The smallest absolute Gasteiger partial charge is 0.330 e. The first kappa shape index (κ1) is 18.2. The molecule has 0 saturated heterocycles. The lowest BCUT2D eigenvalue weighted by Gasteiger charge is -1.99. The third-order valence-electron chi connectivity index (χ3n) is 2.95. The summed E-state index contributed by atoms with van der Waals surface area (Å²) in [5, 5.41) is 0. The van der Waals surface area contributed by atoms with Crippen molar-refractivity contribution in [3.8, 4) is 5.75 Å². The molecular weight excluding hydrogens is 288 g/mol. The number of rotatable bonds is 5. The molecule has 0 fully saturated rings. The molecule has 0 bridgehead atoms. The van der Waals surface area contributed by atoms with Crippen LogP contribution in [0.1, 0.15) is 11.1 Å². The van der Waals surface area contributed by atoms with Crippen LogP contribution in [0.15, 0.2) is 73.3 Å². The molecule has 0 aliphatic rings. The summed E-state index contributed by atoms with van der Waals surface area (Å²) in [6, 6.07) is 17.6. The molecule has 0 heterocycles. The highest BCUT2D eigenvalue weighted by Crippen LogP contribution is 2.11. The van der Waals surface area contributed by atoms with Gasteiger partial charge in [-0.25, -0.2) is 4.79 Å². The number of methoxy groups -OCH3 is 2. The second kappa shape index (κ2) is 10.9. The fourth-order valence-electron chi connectivity index (χ4n) is 1.72. The van der Waals surface area contributed by atoms with Gasteiger partial charge in [0.25, 0.3) is 0 Å². The molecule has 0 amide bonds. The van der Waals surface area contributed by atoms with E-state index in [1.165, 1.54) is 18.7 Å². The van der Waals surface area contributed by atoms with Gasteiger partial charge in [0.15, 0.2) is 0 Å². The van der Waals surface area contributed by atoms with Crippen LogP contribution in [0.3, 0.4) is 0 Å². The number of allylic oxidation sites excluding steroid dienone is 1. The molecular formula is C20H22O3. The van der Waals surface area contributed by atoms with Crippen LogP contribution in [-0.2, 0) is 16.0 Å². The molecule has 0 aromatic heterocycles. The highest BCUT2D eigenvalue weighted by molar-refractivity contribution is 5.86. The van der Waals surface area contributed by atoms with Crippen LogP contribution < -0.4 is 4.74 Å². The number of hydrogen-bond acceptors (Lipinski definition) is 3. The van der Waals surface area contributed by atoms with E-state index < -0.39 is 0 Å². The fraction of sp³-hybridized carbons (Fsp3) is 0.150. The van der Waals surface area contributed by atoms with Crippen molar-refractivity contribution in [1.29, 1.82) is 0 Å². The summed E-state index contributed by atoms with van der Waals surface area (Å²) in [7, 11) is 3.03. The molecule has 0 unspecified atom stereocenters. The van der Waals surface area contributed by atoms with Crippen LogP contribution in [0.5, 0.6) is 5.75 Å². The minimum Gasteiger partial charge on any atom is -0.497 e. The number of ether oxygens (including phenoxy) is 2. The van der Waals surface area contributed by atoms with Crippen molar-refractivity contribution in [3.05, 3.63) is 84.5 Å². The van der Waals surface area contributed by atoms with E-state index in [4.69, 9.17) is 4.74 Å². The molecule has 0 spiro atoms. The van der Waals surface area contributed by atoms with Gasteiger partial charge >= 0.3 is 5.97 Å². The molecule has 23 heavy (non-hydrogen) atoms. The normalized spacial score (nSPS) is 9.65. The Hall–Kier alpha value is -2.81. The minimum absolute atomic E-state index is 0.334. The molecule has 3 nitrogen and oxygen atoms in total. The minimum atomic E-state index is -0.334. The lowest BCUT2D eigenvalue weighted by Crippen LogP contribution is -1.92. The molecule has 0 aliphatic heterocycles. The predicted molar refractivity (Wildman–Crippen MR) is 94.4 cm³/mol. The monoisotopic (exact) mass is 310 g/mol. The Bertz CT molecular complexity index is 613. The van der Waals surface area contributed by atoms with Crippen LogP contribution >= 0.6 is 0 Å². The van der Waals surface area contributed by atoms with Crippen molar-refractivity contribution in [2.45, 2.75) is 6.42 Å². The average molecular weight is 310 g/mol. The van der Waals surface area contributed by atoms with Crippen LogP contribution in [-0.4, -0.2) is 20.2 Å². The molecule has 0 atom stereocenters. The van der Waals surface area contributed by atoms with E-state index in [1.54, 1.807) is 13.2 Å². The van der Waals surface area contributed by atoms with E-state index in [0.29, 0.717) is 0 Å². The average Bonchev–Trinajstić information content (AvgIpc) is 2.62. The Morgan fingerprint density at radius 1 is 1.04 bits per heavy atom. The summed E-state index contributed by atoms with van der Waals surface area (Å²) in [4.78, 5) is 10.7. The van der Waals surface area contributed by atoms with Gasteiger partial charge in [0.05, 0.1) is 14.2 Å². The van der Waals surface area contributed by atoms with Crippen molar-refractivity contribution >= 4 is 12.0 Å². The van der Waals surface area contributed by atoms with Crippen molar-refractivity contribution in [1.82, 2.24) is 0 Å². The Balaban J connectivity index is 0.000000231. The molecule has 120 valence electrons. The van der Waals surface area contributed by atoms with Gasteiger partial charge in [-0.2, -0.15) is 0 Å². The van der Waals surface area contributed by atoms with Crippen molar-refractivity contribution in [3.63, 3.8) is 0 Å². The molecule has 0 N–H and O–H groups in total. The molecule has 2 aromatic rings. The maximum Gasteiger partial charge on any atom is 0.330 e. The highest BCUT2D eigenvalue weighted by atomic mass is 16.5. The number of benzene rings is 2. The summed E-state index contributed by atoms with van der Waals surface area (Å²) in [5.74, 6) is 0.566. The van der Waals surface area contributed by atoms with E-state index >= 15 is 0 Å². The van der Waals surface area contributed by atoms with Crippen LogP contribution in [0.25, 0.3) is 6.08 Å². The Morgan fingerprint density at radius 3 is 2.22 bits per heavy atom. The molecule has 2 aromatic carbocycles. The first-order valence-electron chi connectivity index (χ1n) is 7.24. The zero-order chi connectivity index (χ0) is 16.9. The molecule has 0 aliphatic carbocycles. The van der Waals surface area contributed by atoms with Gasteiger partial charge in [-0.15, -0.1) is 6.58 Å². The lowest BCUT2D eigenvalue weighted by molar-refractivity contribution is -0.134. The van der Waals surface area contributed by atoms with Gasteiger partial charge in [0, 0.05) is 6.08 Å². The maximum atomic E-state index is 10.7. The summed E-state index contributed by atoms with van der Waals surface area (Å²) in [6.07, 6.45) is 5.92. The van der Waals surface area contributed by atoms with Crippen molar-refractivity contribution in [2.24, 2.45) is 0 Å². The van der Waals surface area contributed by atoms with Gasteiger partial charge in [0.1, 0.15) is 5.75 Å². The van der Waals surface area contributed by atoms with Crippen LogP contribution in [0, 0.1) is 0 Å². The quantitative estimate of drug-likeness (QED) is 0.469. The van der Waals surface area contributed by atoms with Crippen molar-refractivity contribution in [2.75, 3.05) is 14.2 Å². The third-order valence-corrected chi connectivity index (χ3v) is 2.95. The Morgan fingerprint density at radius 2 is 1.70 bits per heavy atom. The topological polar surface area (TPSA) is 35.5 Å². The Labute approximate surface area is 137 Å². The second-order valence-corrected chi connectivity index (χ2v) is 4.61. The molecule has 0 saturated carbocycles. The second-order valence-electron chi connectivity index (χ2n) is 4.61. The summed E-state index contributed by atoms with van der Waals surface area (Å²) in [5.41, 5.74) is 2.25. The summed E-state index contributed by atoms with van der Waals surface area (Å²) < 4.78 is 9.47. The van der Waals surface area contributed by atoms with Crippen LogP contribution in [0.2, 0.25) is 0 Å². The first-order valence-corrected chi connectivity index (χ1v) is 7.24. The largest absolute Gasteiger partial charge is 0.497 e. The van der Waals surface area contributed by atoms with Gasteiger partial charge in [0.2, 0.25) is 0 Å². The maximum absolute atomic E-state index is 10.7. The van der Waals surface area contributed by atoms with Gasteiger partial charge in [-0.05, 0) is 35.8 Å². The highest BCUT2D eigenvalue weighted by Gasteiger charge is 1.90.